The standard InChI is InChI=1S/C13H14Cl2N2O3/c1-2-11-12(13(19)17(16-11)3-4-18)20-10-6-8(14)5-9(15)7-10/h5-7,16,18H,2-4H2,1H3. The summed E-state index contributed by atoms with van der Waals surface area (Å²) in [6, 6.07) is 4.74. The number of H-pyrrole nitrogens is 1. The van der Waals surface area contributed by atoms with E-state index in [1.165, 1.54) is 4.68 Å². The molecule has 0 fully saturated rings. The zero-order valence-electron chi connectivity index (χ0n) is 10.8. The zero-order valence-corrected chi connectivity index (χ0v) is 12.3. The van der Waals surface area contributed by atoms with Gasteiger partial charge in [-0.15, -0.1) is 0 Å². The summed E-state index contributed by atoms with van der Waals surface area (Å²) in [4.78, 5) is 12.1. The molecular weight excluding hydrogens is 303 g/mol. The number of hydrogen-bond acceptors (Lipinski definition) is 3. The van der Waals surface area contributed by atoms with Crippen LogP contribution in [0.1, 0.15) is 12.6 Å². The van der Waals surface area contributed by atoms with Crippen molar-refractivity contribution in [2.45, 2.75) is 19.9 Å². The number of ether oxygens (including phenoxy) is 1. The molecule has 1 heterocycles. The number of aliphatic hydroxyl groups is 1. The Morgan fingerprint density at radius 1 is 1.30 bits per heavy atom. The van der Waals surface area contributed by atoms with Crippen LogP contribution in [0.2, 0.25) is 10.0 Å². The minimum atomic E-state index is -0.327. The van der Waals surface area contributed by atoms with Gasteiger partial charge in [-0.3, -0.25) is 9.89 Å². The van der Waals surface area contributed by atoms with E-state index < -0.39 is 0 Å². The van der Waals surface area contributed by atoms with Gasteiger partial charge in [-0.2, -0.15) is 0 Å². The van der Waals surface area contributed by atoms with Crippen LogP contribution in [0.25, 0.3) is 0 Å². The van der Waals surface area contributed by atoms with E-state index in [0.717, 1.165) is 0 Å². The normalized spacial score (nSPS) is 10.8. The van der Waals surface area contributed by atoms with Crippen molar-refractivity contribution in [2.75, 3.05) is 6.61 Å². The predicted molar refractivity (Wildman–Crippen MR) is 78.1 cm³/mol. The van der Waals surface area contributed by atoms with Crippen molar-refractivity contribution in [1.29, 1.82) is 0 Å². The molecule has 1 aromatic heterocycles. The topological polar surface area (TPSA) is 67.2 Å². The Hall–Kier alpha value is -1.43. The summed E-state index contributed by atoms with van der Waals surface area (Å²) in [5.41, 5.74) is 0.326. The van der Waals surface area contributed by atoms with Crippen LogP contribution in [0.4, 0.5) is 0 Å². The van der Waals surface area contributed by atoms with Crippen molar-refractivity contribution >= 4 is 23.2 Å². The molecular formula is C13H14Cl2N2O3. The second kappa shape index (κ2) is 6.35. The van der Waals surface area contributed by atoms with Gasteiger partial charge in [0, 0.05) is 10.0 Å². The van der Waals surface area contributed by atoms with Crippen LogP contribution in [0, 0.1) is 0 Å². The Kier molecular flexibility index (Phi) is 4.75. The average molecular weight is 317 g/mol. The van der Waals surface area contributed by atoms with Crippen LogP contribution in [0.3, 0.4) is 0 Å². The Morgan fingerprint density at radius 3 is 2.50 bits per heavy atom. The number of hydrogen-bond donors (Lipinski definition) is 2. The summed E-state index contributed by atoms with van der Waals surface area (Å²) in [7, 11) is 0. The molecule has 0 amide bonds. The van der Waals surface area contributed by atoms with Crippen LogP contribution in [-0.2, 0) is 13.0 Å². The minimum absolute atomic E-state index is 0.133. The summed E-state index contributed by atoms with van der Waals surface area (Å²) in [6.45, 7) is 1.95. The van der Waals surface area contributed by atoms with Gasteiger partial charge >= 0.3 is 5.56 Å². The molecule has 20 heavy (non-hydrogen) atoms. The van der Waals surface area contributed by atoms with Crippen molar-refractivity contribution < 1.29 is 9.84 Å². The lowest BCUT2D eigenvalue weighted by molar-refractivity contribution is 0.267. The molecule has 1 aromatic carbocycles. The molecule has 2 rings (SSSR count). The Morgan fingerprint density at radius 2 is 1.95 bits per heavy atom. The van der Waals surface area contributed by atoms with Gasteiger partial charge in [0.05, 0.1) is 18.8 Å². The third-order valence-electron chi connectivity index (χ3n) is 2.72. The number of halogens is 2. The van der Waals surface area contributed by atoms with E-state index in [4.69, 9.17) is 33.0 Å². The molecule has 0 saturated heterocycles. The summed E-state index contributed by atoms with van der Waals surface area (Å²) < 4.78 is 6.91. The Labute approximate surface area is 125 Å². The number of aromatic nitrogens is 2. The number of aryl methyl sites for hydroxylation is 1. The van der Waals surface area contributed by atoms with E-state index in [1.54, 1.807) is 18.2 Å². The Bertz CT molecular complexity index is 644. The van der Waals surface area contributed by atoms with E-state index in [-0.39, 0.29) is 24.5 Å². The fraction of sp³-hybridized carbons (Fsp3) is 0.308. The van der Waals surface area contributed by atoms with Crippen molar-refractivity contribution in [3.8, 4) is 11.5 Å². The van der Waals surface area contributed by atoms with Crippen molar-refractivity contribution in [1.82, 2.24) is 9.78 Å². The first-order chi connectivity index (χ1) is 9.55. The smallest absolute Gasteiger partial charge is 0.309 e. The molecule has 2 N–H and O–H groups in total. The van der Waals surface area contributed by atoms with Gasteiger partial charge in [0.15, 0.2) is 0 Å². The van der Waals surface area contributed by atoms with Gasteiger partial charge in [-0.1, -0.05) is 30.1 Å². The molecule has 0 aliphatic rings. The number of rotatable bonds is 5. The van der Waals surface area contributed by atoms with Gasteiger partial charge in [0.25, 0.3) is 0 Å². The van der Waals surface area contributed by atoms with Crippen LogP contribution < -0.4 is 10.3 Å². The molecule has 2 aromatic rings. The first kappa shape index (κ1) is 15.0. The maximum atomic E-state index is 12.1. The van der Waals surface area contributed by atoms with Crippen LogP contribution >= 0.6 is 23.2 Å². The summed E-state index contributed by atoms with van der Waals surface area (Å²) >= 11 is 11.8. The molecule has 108 valence electrons. The summed E-state index contributed by atoms with van der Waals surface area (Å²) in [5, 5.41) is 12.7. The van der Waals surface area contributed by atoms with Crippen LogP contribution in [0.15, 0.2) is 23.0 Å². The SMILES string of the molecule is CCc1[nH]n(CCO)c(=O)c1Oc1cc(Cl)cc(Cl)c1. The number of aromatic amines is 1. The molecule has 0 atom stereocenters. The molecule has 0 bridgehead atoms. The third kappa shape index (κ3) is 3.17. The largest absolute Gasteiger partial charge is 0.449 e. The van der Waals surface area contributed by atoms with Gasteiger partial charge in [0.2, 0.25) is 5.75 Å². The van der Waals surface area contributed by atoms with E-state index in [9.17, 15) is 4.79 Å². The highest BCUT2D eigenvalue weighted by Crippen LogP contribution is 2.28. The monoisotopic (exact) mass is 316 g/mol. The minimum Gasteiger partial charge on any atom is -0.449 e. The van der Waals surface area contributed by atoms with E-state index in [2.05, 4.69) is 5.10 Å². The fourth-order valence-electron chi connectivity index (χ4n) is 1.82. The van der Waals surface area contributed by atoms with Crippen molar-refractivity contribution in [2.24, 2.45) is 0 Å². The number of nitrogens with zero attached hydrogens (tertiary/aromatic N) is 1. The number of aliphatic hydroxyl groups excluding tert-OH is 1. The van der Waals surface area contributed by atoms with Gasteiger partial charge in [0.1, 0.15) is 5.75 Å². The molecule has 7 heteroatoms. The van der Waals surface area contributed by atoms with Crippen molar-refractivity contribution in [3.05, 3.63) is 44.3 Å². The van der Waals surface area contributed by atoms with Gasteiger partial charge < -0.3 is 9.84 Å². The predicted octanol–water partition coefficient (Wildman–Crippen LogP) is 2.83. The first-order valence-electron chi connectivity index (χ1n) is 6.11. The number of nitrogens with one attached hydrogen (secondary N) is 1. The maximum Gasteiger partial charge on any atom is 0.309 e. The number of benzene rings is 1. The summed E-state index contributed by atoms with van der Waals surface area (Å²) in [5.74, 6) is 0.587. The molecule has 0 saturated carbocycles. The fourth-order valence-corrected chi connectivity index (χ4v) is 2.33. The second-order valence-electron chi connectivity index (χ2n) is 4.16. The highest BCUT2D eigenvalue weighted by molar-refractivity contribution is 6.34. The van der Waals surface area contributed by atoms with Gasteiger partial charge in [-0.05, 0) is 24.6 Å². The van der Waals surface area contributed by atoms with E-state index >= 15 is 0 Å². The van der Waals surface area contributed by atoms with E-state index in [0.29, 0.717) is 27.9 Å². The molecule has 0 radical (unpaired) electrons. The lowest BCUT2D eigenvalue weighted by atomic mass is 10.3. The van der Waals surface area contributed by atoms with Crippen LogP contribution in [0.5, 0.6) is 11.5 Å². The highest BCUT2D eigenvalue weighted by atomic mass is 35.5. The Balaban J connectivity index is 2.39. The molecule has 0 aliphatic heterocycles. The quantitative estimate of drug-likeness (QED) is 0.891. The third-order valence-corrected chi connectivity index (χ3v) is 3.15. The maximum absolute atomic E-state index is 12.1. The lowest BCUT2D eigenvalue weighted by Gasteiger charge is -2.05. The molecule has 0 unspecified atom stereocenters. The average Bonchev–Trinajstić information content (AvgIpc) is 2.66. The highest BCUT2D eigenvalue weighted by Gasteiger charge is 2.15. The van der Waals surface area contributed by atoms with Crippen molar-refractivity contribution in [3.63, 3.8) is 0 Å². The molecule has 0 aliphatic carbocycles. The van der Waals surface area contributed by atoms with E-state index in [1.807, 2.05) is 6.92 Å². The molecule has 5 nitrogen and oxygen atoms in total. The summed E-state index contributed by atoms with van der Waals surface area (Å²) in [6.07, 6.45) is 0.595. The first-order valence-corrected chi connectivity index (χ1v) is 6.87. The van der Waals surface area contributed by atoms with Crippen LogP contribution in [-0.4, -0.2) is 21.5 Å². The zero-order chi connectivity index (χ0) is 14.7. The second-order valence-corrected chi connectivity index (χ2v) is 5.03. The molecule has 0 spiro atoms. The van der Waals surface area contributed by atoms with Gasteiger partial charge in [-0.25, -0.2) is 4.68 Å². The lowest BCUT2D eigenvalue weighted by Crippen LogP contribution is -2.19.